The lowest BCUT2D eigenvalue weighted by Crippen LogP contribution is -2.53. The third-order valence-corrected chi connectivity index (χ3v) is 4.03. The van der Waals surface area contributed by atoms with Crippen LogP contribution in [0.1, 0.15) is 24.5 Å². The summed E-state index contributed by atoms with van der Waals surface area (Å²) < 4.78 is 0. The van der Waals surface area contributed by atoms with Crippen molar-refractivity contribution in [3.63, 3.8) is 0 Å². The van der Waals surface area contributed by atoms with Gasteiger partial charge >= 0.3 is 18.0 Å². The third-order valence-electron chi connectivity index (χ3n) is 4.03. The second-order valence-electron chi connectivity index (χ2n) is 5.46. The van der Waals surface area contributed by atoms with Gasteiger partial charge in [0.1, 0.15) is 6.04 Å². The largest absolute Gasteiger partial charge is 0.481 e. The van der Waals surface area contributed by atoms with E-state index in [0.29, 0.717) is 6.54 Å². The second-order valence-corrected chi connectivity index (χ2v) is 5.46. The molecule has 0 spiro atoms. The first-order chi connectivity index (χ1) is 10.9. The van der Waals surface area contributed by atoms with Gasteiger partial charge in [-0.2, -0.15) is 0 Å². The molecule has 1 unspecified atom stereocenters. The SMILES string of the molecule is CCN(CCC(=O)O)C(=O)N1Cc2ccccc2CC1C(=O)O. The Bertz CT molecular complexity index is 616. The van der Waals surface area contributed by atoms with Crippen LogP contribution in [-0.4, -0.2) is 57.1 Å². The number of hydrogen-bond acceptors (Lipinski definition) is 3. The number of rotatable bonds is 5. The van der Waals surface area contributed by atoms with Crippen molar-refractivity contribution >= 4 is 18.0 Å². The van der Waals surface area contributed by atoms with Crippen LogP contribution in [0, 0.1) is 0 Å². The quantitative estimate of drug-likeness (QED) is 0.855. The normalized spacial score (nSPS) is 16.6. The highest BCUT2D eigenvalue weighted by atomic mass is 16.4. The van der Waals surface area contributed by atoms with Crippen LogP contribution in [0.4, 0.5) is 4.79 Å². The van der Waals surface area contributed by atoms with E-state index in [4.69, 9.17) is 5.11 Å². The smallest absolute Gasteiger partial charge is 0.326 e. The maximum atomic E-state index is 12.7. The van der Waals surface area contributed by atoms with E-state index < -0.39 is 24.0 Å². The first-order valence-corrected chi connectivity index (χ1v) is 7.51. The number of benzene rings is 1. The van der Waals surface area contributed by atoms with E-state index in [1.807, 2.05) is 24.3 Å². The standard InChI is InChI=1S/C16H20N2O5/c1-2-17(8-7-14(19)20)16(23)18-10-12-6-4-3-5-11(12)9-13(18)15(21)22/h3-6,13H,2,7-10H2,1H3,(H,19,20)(H,21,22). The average Bonchev–Trinajstić information content (AvgIpc) is 2.53. The fourth-order valence-corrected chi connectivity index (χ4v) is 2.75. The van der Waals surface area contributed by atoms with Crippen molar-refractivity contribution in [3.8, 4) is 0 Å². The van der Waals surface area contributed by atoms with Gasteiger partial charge in [-0.25, -0.2) is 9.59 Å². The Morgan fingerprint density at radius 3 is 2.43 bits per heavy atom. The van der Waals surface area contributed by atoms with Crippen LogP contribution in [-0.2, 0) is 22.6 Å². The Morgan fingerprint density at radius 2 is 1.87 bits per heavy atom. The molecule has 0 saturated carbocycles. The summed E-state index contributed by atoms with van der Waals surface area (Å²) in [5.41, 5.74) is 1.85. The lowest BCUT2D eigenvalue weighted by Gasteiger charge is -2.37. The first-order valence-electron chi connectivity index (χ1n) is 7.51. The Balaban J connectivity index is 2.22. The number of nitrogens with zero attached hydrogens (tertiary/aromatic N) is 2. The molecule has 1 aliphatic heterocycles. The van der Waals surface area contributed by atoms with Gasteiger partial charge in [-0.3, -0.25) is 4.79 Å². The zero-order valence-electron chi connectivity index (χ0n) is 12.9. The molecule has 7 heteroatoms. The van der Waals surface area contributed by atoms with Crippen molar-refractivity contribution in [1.82, 2.24) is 9.80 Å². The molecule has 0 bridgehead atoms. The van der Waals surface area contributed by atoms with Gasteiger partial charge in [0.05, 0.1) is 6.42 Å². The molecule has 0 aliphatic carbocycles. The van der Waals surface area contributed by atoms with Crippen molar-refractivity contribution < 1.29 is 24.6 Å². The van der Waals surface area contributed by atoms with E-state index >= 15 is 0 Å². The summed E-state index contributed by atoms with van der Waals surface area (Å²) in [5.74, 6) is -2.04. The molecule has 7 nitrogen and oxygen atoms in total. The van der Waals surface area contributed by atoms with Gasteiger partial charge < -0.3 is 20.0 Å². The van der Waals surface area contributed by atoms with E-state index in [2.05, 4.69) is 0 Å². The number of amides is 2. The third kappa shape index (κ3) is 3.80. The Labute approximate surface area is 134 Å². The van der Waals surface area contributed by atoms with Gasteiger partial charge in [0, 0.05) is 26.1 Å². The monoisotopic (exact) mass is 320 g/mol. The fourth-order valence-electron chi connectivity index (χ4n) is 2.75. The summed E-state index contributed by atoms with van der Waals surface area (Å²) >= 11 is 0. The van der Waals surface area contributed by atoms with Gasteiger partial charge in [0.15, 0.2) is 0 Å². The van der Waals surface area contributed by atoms with E-state index in [0.717, 1.165) is 11.1 Å². The average molecular weight is 320 g/mol. The Morgan fingerprint density at radius 1 is 1.22 bits per heavy atom. The van der Waals surface area contributed by atoms with Crippen LogP contribution in [0.3, 0.4) is 0 Å². The van der Waals surface area contributed by atoms with Crippen molar-refractivity contribution in [3.05, 3.63) is 35.4 Å². The molecule has 0 aromatic heterocycles. The van der Waals surface area contributed by atoms with E-state index in [9.17, 15) is 19.5 Å². The summed E-state index contributed by atoms with van der Waals surface area (Å²) in [7, 11) is 0. The van der Waals surface area contributed by atoms with Crippen molar-refractivity contribution in [2.75, 3.05) is 13.1 Å². The van der Waals surface area contributed by atoms with Gasteiger partial charge in [0.25, 0.3) is 0 Å². The molecule has 0 saturated heterocycles. The zero-order chi connectivity index (χ0) is 17.0. The molecule has 1 aromatic carbocycles. The number of urea groups is 1. The van der Waals surface area contributed by atoms with Gasteiger partial charge in [-0.05, 0) is 18.1 Å². The molecule has 124 valence electrons. The number of aliphatic carboxylic acids is 2. The summed E-state index contributed by atoms with van der Waals surface area (Å²) in [6, 6.07) is 6.08. The number of hydrogen-bond donors (Lipinski definition) is 2. The summed E-state index contributed by atoms with van der Waals surface area (Å²) in [4.78, 5) is 37.6. The molecule has 1 atom stereocenters. The summed E-state index contributed by atoms with van der Waals surface area (Å²) in [6.07, 6.45) is 0.0927. The van der Waals surface area contributed by atoms with Crippen molar-refractivity contribution in [2.45, 2.75) is 32.4 Å². The molecule has 23 heavy (non-hydrogen) atoms. The second kappa shape index (κ2) is 7.13. The lowest BCUT2D eigenvalue weighted by atomic mass is 9.94. The Kier molecular flexibility index (Phi) is 5.20. The van der Waals surface area contributed by atoms with Crippen LogP contribution in [0.2, 0.25) is 0 Å². The molecule has 0 radical (unpaired) electrons. The van der Waals surface area contributed by atoms with Crippen LogP contribution < -0.4 is 0 Å². The van der Waals surface area contributed by atoms with Gasteiger partial charge in [-0.15, -0.1) is 0 Å². The molecule has 2 amide bonds. The minimum atomic E-state index is -1.05. The fraction of sp³-hybridized carbons (Fsp3) is 0.438. The first kappa shape index (κ1) is 16.8. The maximum Gasteiger partial charge on any atom is 0.326 e. The molecule has 1 aromatic rings. The number of carbonyl (C=O) groups excluding carboxylic acids is 1. The van der Waals surface area contributed by atoms with E-state index in [1.54, 1.807) is 6.92 Å². The molecule has 0 fully saturated rings. The molecule has 2 rings (SSSR count). The topological polar surface area (TPSA) is 98.2 Å². The minimum Gasteiger partial charge on any atom is -0.481 e. The van der Waals surface area contributed by atoms with Crippen molar-refractivity contribution in [2.24, 2.45) is 0 Å². The molecule has 1 heterocycles. The predicted octanol–water partition coefficient (Wildman–Crippen LogP) is 1.41. The number of carboxylic acids is 2. The van der Waals surface area contributed by atoms with Crippen molar-refractivity contribution in [1.29, 1.82) is 0 Å². The minimum absolute atomic E-state index is 0.0646. The van der Waals surface area contributed by atoms with Crippen LogP contribution >= 0.6 is 0 Å². The lowest BCUT2D eigenvalue weighted by molar-refractivity contribution is -0.143. The van der Waals surface area contributed by atoms with Crippen LogP contribution in [0.15, 0.2) is 24.3 Å². The number of carbonyl (C=O) groups is 3. The number of carboxylic acid groups (broad SMARTS) is 2. The van der Waals surface area contributed by atoms with E-state index in [1.165, 1.54) is 9.80 Å². The van der Waals surface area contributed by atoms with Gasteiger partial charge in [0.2, 0.25) is 0 Å². The molecule has 1 aliphatic rings. The summed E-state index contributed by atoms with van der Waals surface area (Å²) in [6.45, 7) is 2.36. The highest BCUT2D eigenvalue weighted by Gasteiger charge is 2.36. The van der Waals surface area contributed by atoms with Crippen LogP contribution in [0.25, 0.3) is 0 Å². The maximum absolute atomic E-state index is 12.7. The highest BCUT2D eigenvalue weighted by molar-refractivity contribution is 5.84. The Hall–Kier alpha value is -2.57. The molecular weight excluding hydrogens is 300 g/mol. The zero-order valence-corrected chi connectivity index (χ0v) is 12.9. The van der Waals surface area contributed by atoms with E-state index in [-0.39, 0.29) is 25.9 Å². The van der Waals surface area contributed by atoms with Crippen LogP contribution in [0.5, 0.6) is 0 Å². The molecular formula is C16H20N2O5. The summed E-state index contributed by atoms with van der Waals surface area (Å²) in [5, 5.41) is 18.2. The predicted molar refractivity (Wildman–Crippen MR) is 82.0 cm³/mol. The van der Waals surface area contributed by atoms with Gasteiger partial charge in [-0.1, -0.05) is 24.3 Å². The highest BCUT2D eigenvalue weighted by Crippen LogP contribution is 2.24. The molecule has 2 N–H and O–H groups in total. The number of fused-ring (bicyclic) bond motifs is 1.